The number of aromatic nitrogens is 1. The number of pyridine rings is 1. The van der Waals surface area contributed by atoms with Crippen molar-refractivity contribution in [3.8, 4) is 11.1 Å². The molecule has 0 unspecified atom stereocenters. The van der Waals surface area contributed by atoms with Crippen molar-refractivity contribution in [3.63, 3.8) is 0 Å². The number of furan rings is 1. The lowest BCUT2D eigenvalue weighted by molar-refractivity contribution is -0.114. The van der Waals surface area contributed by atoms with Gasteiger partial charge in [-0.15, -0.1) is 0 Å². The molecule has 1 aliphatic rings. The Labute approximate surface area is 233 Å². The van der Waals surface area contributed by atoms with Crippen LogP contribution in [0.15, 0.2) is 89.6 Å². The molecule has 6 rings (SSSR count). The zero-order valence-corrected chi connectivity index (χ0v) is 22.5. The van der Waals surface area contributed by atoms with Crippen molar-refractivity contribution in [2.45, 2.75) is 25.7 Å². The van der Waals surface area contributed by atoms with E-state index in [0.29, 0.717) is 18.2 Å². The number of piperidine rings is 1. The third-order valence-electron chi connectivity index (χ3n) is 7.72. The topological polar surface area (TPSA) is 87.5 Å². The molecule has 0 saturated carbocycles. The molecule has 3 aromatic carbocycles. The van der Waals surface area contributed by atoms with Gasteiger partial charge in [-0.3, -0.25) is 14.6 Å². The van der Waals surface area contributed by atoms with Gasteiger partial charge in [0.05, 0.1) is 0 Å². The lowest BCUT2D eigenvalue weighted by atomic mass is 9.89. The minimum Gasteiger partial charge on any atom is -0.450 e. The second-order valence-electron chi connectivity index (χ2n) is 10.4. The lowest BCUT2D eigenvalue weighted by Crippen LogP contribution is -2.39. The van der Waals surface area contributed by atoms with Gasteiger partial charge in [-0.1, -0.05) is 36.4 Å². The number of likely N-dealkylation sites (tertiary alicyclic amines) is 1. The Balaban J connectivity index is 1.08. The molecule has 2 aromatic heterocycles. The first-order valence-corrected chi connectivity index (χ1v) is 13.8. The summed E-state index contributed by atoms with van der Waals surface area (Å²) in [5.74, 6) is 0.543. The number of rotatable bonds is 7. The van der Waals surface area contributed by atoms with Crippen LogP contribution in [0, 0.1) is 0 Å². The highest BCUT2D eigenvalue weighted by molar-refractivity contribution is 6.13. The maximum Gasteiger partial charge on any atom is 0.287 e. The second kappa shape index (κ2) is 11.3. The van der Waals surface area contributed by atoms with Crippen molar-refractivity contribution in [2.75, 3.05) is 31.5 Å². The van der Waals surface area contributed by atoms with E-state index in [1.54, 1.807) is 12.4 Å². The minimum absolute atomic E-state index is 0.0558. The van der Waals surface area contributed by atoms with Gasteiger partial charge in [0.15, 0.2) is 5.76 Å². The summed E-state index contributed by atoms with van der Waals surface area (Å²) in [4.78, 5) is 31.0. The predicted octanol–water partition coefficient (Wildman–Crippen LogP) is 6.22. The molecule has 2 N–H and O–H groups in total. The van der Waals surface area contributed by atoms with Crippen molar-refractivity contribution in [2.24, 2.45) is 0 Å². The summed E-state index contributed by atoms with van der Waals surface area (Å²) in [6.07, 6.45) is 5.68. The smallest absolute Gasteiger partial charge is 0.287 e. The van der Waals surface area contributed by atoms with Crippen molar-refractivity contribution in [3.05, 3.63) is 96.5 Å². The van der Waals surface area contributed by atoms with E-state index in [1.165, 1.54) is 12.5 Å². The molecule has 0 spiro atoms. The summed E-state index contributed by atoms with van der Waals surface area (Å²) >= 11 is 0. The molecule has 0 bridgehead atoms. The number of nitrogens with one attached hydrogen (secondary N) is 2. The molecular formula is C33H32N4O3. The van der Waals surface area contributed by atoms with Gasteiger partial charge in [0, 0.05) is 48.9 Å². The molecule has 7 heteroatoms. The molecule has 5 aromatic rings. The van der Waals surface area contributed by atoms with Crippen LogP contribution < -0.4 is 10.6 Å². The Kier molecular flexibility index (Phi) is 7.29. The molecule has 7 nitrogen and oxygen atoms in total. The number of carbonyl (C=O) groups is 2. The van der Waals surface area contributed by atoms with Crippen LogP contribution >= 0.6 is 0 Å². The largest absolute Gasteiger partial charge is 0.450 e. The van der Waals surface area contributed by atoms with E-state index in [1.807, 2.05) is 48.5 Å². The first kappa shape index (κ1) is 25.8. The summed E-state index contributed by atoms with van der Waals surface area (Å²) in [6.45, 7) is 4.82. The highest BCUT2D eigenvalue weighted by atomic mass is 16.3. The van der Waals surface area contributed by atoms with Crippen LogP contribution in [0.2, 0.25) is 0 Å². The van der Waals surface area contributed by atoms with Gasteiger partial charge in [-0.2, -0.15) is 0 Å². The van der Waals surface area contributed by atoms with Gasteiger partial charge >= 0.3 is 0 Å². The normalized spacial score (nSPS) is 14.4. The first-order valence-electron chi connectivity index (χ1n) is 13.8. The fourth-order valence-corrected chi connectivity index (χ4v) is 5.73. The minimum atomic E-state index is -0.199. The standard InChI is InChI=1S/C33H32N4O3/c1-22(38)36-27-6-4-5-25(19-27)23-11-16-37(17-12-23)18-15-35-33(39)31-21-26-20-30(24-9-13-34-14-10-24)28-7-2-3-8-29(28)32(26)40-31/h2-10,13-14,19-21,23H,11-12,15-18H2,1H3,(H,35,39)(H,36,38). The van der Waals surface area contributed by atoms with Crippen LogP contribution in [0.1, 0.15) is 41.8 Å². The van der Waals surface area contributed by atoms with Crippen molar-refractivity contribution >= 4 is 39.2 Å². The van der Waals surface area contributed by atoms with Gasteiger partial charge in [0.2, 0.25) is 5.91 Å². The van der Waals surface area contributed by atoms with Crippen LogP contribution in [0.25, 0.3) is 32.9 Å². The Morgan fingerprint density at radius 2 is 1.73 bits per heavy atom. The average molecular weight is 533 g/mol. The number of nitrogens with zero attached hydrogens (tertiary/aromatic N) is 2. The summed E-state index contributed by atoms with van der Waals surface area (Å²) in [5, 5.41) is 8.88. The molecule has 202 valence electrons. The highest BCUT2D eigenvalue weighted by Crippen LogP contribution is 2.36. The summed E-state index contributed by atoms with van der Waals surface area (Å²) in [6, 6.07) is 24.2. The van der Waals surface area contributed by atoms with E-state index in [0.717, 1.165) is 71.0 Å². The number of carbonyl (C=O) groups excluding carboxylic acids is 2. The van der Waals surface area contributed by atoms with Crippen LogP contribution in [-0.2, 0) is 4.79 Å². The highest BCUT2D eigenvalue weighted by Gasteiger charge is 2.21. The van der Waals surface area contributed by atoms with Crippen molar-refractivity contribution in [1.82, 2.24) is 15.2 Å². The van der Waals surface area contributed by atoms with Crippen LogP contribution in [0.3, 0.4) is 0 Å². The lowest BCUT2D eigenvalue weighted by Gasteiger charge is -2.32. The quantitative estimate of drug-likeness (QED) is 0.260. The van der Waals surface area contributed by atoms with E-state index < -0.39 is 0 Å². The van der Waals surface area contributed by atoms with E-state index >= 15 is 0 Å². The summed E-state index contributed by atoms with van der Waals surface area (Å²) in [7, 11) is 0. The van der Waals surface area contributed by atoms with E-state index in [9.17, 15) is 9.59 Å². The van der Waals surface area contributed by atoms with Gasteiger partial charge < -0.3 is 20.0 Å². The van der Waals surface area contributed by atoms with Gasteiger partial charge in [-0.25, -0.2) is 0 Å². The van der Waals surface area contributed by atoms with Crippen molar-refractivity contribution < 1.29 is 14.0 Å². The van der Waals surface area contributed by atoms with Gasteiger partial charge in [-0.05, 0) is 90.3 Å². The van der Waals surface area contributed by atoms with Crippen LogP contribution in [0.4, 0.5) is 5.69 Å². The van der Waals surface area contributed by atoms with Crippen LogP contribution in [-0.4, -0.2) is 47.9 Å². The van der Waals surface area contributed by atoms with E-state index in [-0.39, 0.29) is 11.8 Å². The number of hydrogen-bond donors (Lipinski definition) is 2. The molecule has 1 saturated heterocycles. The monoisotopic (exact) mass is 532 g/mol. The number of anilines is 1. The number of benzene rings is 3. The zero-order chi connectivity index (χ0) is 27.5. The van der Waals surface area contributed by atoms with Gasteiger partial charge in [0.1, 0.15) is 5.58 Å². The Morgan fingerprint density at radius 3 is 2.50 bits per heavy atom. The van der Waals surface area contributed by atoms with Crippen LogP contribution in [0.5, 0.6) is 0 Å². The molecule has 0 radical (unpaired) electrons. The number of hydrogen-bond acceptors (Lipinski definition) is 5. The Morgan fingerprint density at radius 1 is 0.950 bits per heavy atom. The Bertz CT molecular complexity index is 1670. The molecule has 3 heterocycles. The Hall–Kier alpha value is -4.49. The third-order valence-corrected chi connectivity index (χ3v) is 7.72. The van der Waals surface area contributed by atoms with E-state index in [2.05, 4.69) is 44.8 Å². The van der Waals surface area contributed by atoms with Gasteiger partial charge in [0.25, 0.3) is 5.91 Å². The number of fused-ring (bicyclic) bond motifs is 3. The molecule has 1 fully saturated rings. The maximum atomic E-state index is 13.0. The molecule has 40 heavy (non-hydrogen) atoms. The maximum absolute atomic E-state index is 13.0. The summed E-state index contributed by atoms with van der Waals surface area (Å²) < 4.78 is 6.11. The summed E-state index contributed by atoms with van der Waals surface area (Å²) in [5.41, 5.74) is 5.00. The van der Waals surface area contributed by atoms with Crippen molar-refractivity contribution in [1.29, 1.82) is 0 Å². The fraction of sp³-hybridized carbons (Fsp3) is 0.242. The third kappa shape index (κ3) is 5.46. The SMILES string of the molecule is CC(=O)Nc1cccc(C2CCN(CCNC(=O)c3cc4cc(-c5ccncc5)c5ccccc5c4o3)CC2)c1. The molecule has 0 atom stereocenters. The molecule has 2 amide bonds. The molecular weight excluding hydrogens is 500 g/mol. The second-order valence-corrected chi connectivity index (χ2v) is 10.4. The number of amides is 2. The predicted molar refractivity (Wildman–Crippen MR) is 158 cm³/mol. The zero-order valence-electron chi connectivity index (χ0n) is 22.5. The van der Waals surface area contributed by atoms with E-state index in [4.69, 9.17) is 4.42 Å². The fourth-order valence-electron chi connectivity index (χ4n) is 5.73. The molecule has 1 aliphatic heterocycles. The molecule has 0 aliphatic carbocycles. The average Bonchev–Trinajstić information content (AvgIpc) is 3.42. The first-order chi connectivity index (χ1) is 19.5.